The molecule has 20 heavy (non-hydrogen) atoms. The normalized spacial score (nSPS) is 10.2. The molecule has 7 heteroatoms. The lowest BCUT2D eigenvalue weighted by Crippen LogP contribution is -2.36. The Bertz CT molecular complexity index is 502. The molecule has 0 bridgehead atoms. The van der Waals surface area contributed by atoms with E-state index in [9.17, 15) is 14.9 Å². The Morgan fingerprint density at radius 2 is 2.05 bits per heavy atom. The minimum atomic E-state index is -0.513. The topological polar surface area (TPSA) is 81.9 Å². The van der Waals surface area contributed by atoms with E-state index < -0.39 is 10.9 Å². The number of carbonyl (C=O) groups excluding carboxylic acids is 1. The molecule has 0 aromatic heterocycles. The Labute approximate surface area is 117 Å². The first kappa shape index (κ1) is 15.7. The van der Waals surface area contributed by atoms with Crippen LogP contribution in [0.5, 0.6) is 5.75 Å². The zero-order valence-corrected chi connectivity index (χ0v) is 12.0. The van der Waals surface area contributed by atoms with Gasteiger partial charge in [-0.3, -0.25) is 14.9 Å². The number of para-hydroxylation sites is 1. The van der Waals surface area contributed by atoms with Gasteiger partial charge in [0.15, 0.2) is 5.75 Å². The summed E-state index contributed by atoms with van der Waals surface area (Å²) in [6.07, 6.45) is 0. The van der Waals surface area contributed by atoms with E-state index in [0.717, 1.165) is 0 Å². The first-order chi connectivity index (χ1) is 9.42. The highest BCUT2D eigenvalue weighted by Gasteiger charge is 2.27. The second-order valence-electron chi connectivity index (χ2n) is 4.38. The average molecular weight is 282 g/mol. The monoisotopic (exact) mass is 282 g/mol. The lowest BCUT2D eigenvalue weighted by molar-refractivity contribution is -0.385. The number of nitrogens with zero attached hydrogens (tertiary/aromatic N) is 2. The predicted molar refractivity (Wildman–Crippen MR) is 74.1 cm³/mol. The molecule has 0 atom stereocenters. The van der Waals surface area contributed by atoms with Crippen LogP contribution in [0.3, 0.4) is 0 Å². The van der Waals surface area contributed by atoms with Gasteiger partial charge in [-0.25, -0.2) is 0 Å². The molecule has 0 unspecified atom stereocenters. The van der Waals surface area contributed by atoms with E-state index in [1.54, 1.807) is 17.0 Å². The summed E-state index contributed by atoms with van der Waals surface area (Å²) in [4.78, 5) is 23.8. The molecule has 0 fully saturated rings. The van der Waals surface area contributed by atoms with E-state index in [4.69, 9.17) is 4.74 Å². The first-order valence-electron chi connectivity index (χ1n) is 6.07. The van der Waals surface area contributed by atoms with Crippen LogP contribution in [-0.4, -0.2) is 37.7 Å². The van der Waals surface area contributed by atoms with E-state index >= 15 is 0 Å². The summed E-state index contributed by atoms with van der Waals surface area (Å²) >= 11 is 0. The molecule has 0 N–H and O–H groups in total. The summed E-state index contributed by atoms with van der Waals surface area (Å²) in [6.45, 7) is 3.61. The van der Waals surface area contributed by atoms with Gasteiger partial charge in [-0.2, -0.15) is 0 Å². The number of hydrogen-bond acceptors (Lipinski definition) is 6. The van der Waals surface area contributed by atoms with Gasteiger partial charge in [-0.1, -0.05) is 6.07 Å². The average Bonchev–Trinajstić information content (AvgIpc) is 2.42. The molecule has 0 spiro atoms. The van der Waals surface area contributed by atoms with E-state index in [2.05, 4.69) is 4.74 Å². The van der Waals surface area contributed by atoms with Crippen LogP contribution in [0.1, 0.15) is 13.8 Å². The lowest BCUT2D eigenvalue weighted by atomic mass is 10.2. The van der Waals surface area contributed by atoms with E-state index in [1.165, 1.54) is 20.3 Å². The van der Waals surface area contributed by atoms with Crippen LogP contribution in [-0.2, 0) is 9.53 Å². The van der Waals surface area contributed by atoms with Gasteiger partial charge in [0.05, 0.1) is 19.1 Å². The fourth-order valence-electron chi connectivity index (χ4n) is 1.84. The van der Waals surface area contributed by atoms with Crippen molar-refractivity contribution >= 4 is 17.3 Å². The van der Waals surface area contributed by atoms with Crippen molar-refractivity contribution in [2.24, 2.45) is 0 Å². The maximum Gasteiger partial charge on any atom is 0.333 e. The molecule has 0 saturated carbocycles. The first-order valence-corrected chi connectivity index (χ1v) is 6.07. The Hall–Kier alpha value is -2.31. The van der Waals surface area contributed by atoms with Crippen molar-refractivity contribution in [2.45, 2.75) is 19.9 Å². The van der Waals surface area contributed by atoms with E-state index in [0.29, 0.717) is 5.69 Å². The van der Waals surface area contributed by atoms with Crippen LogP contribution in [0.4, 0.5) is 11.4 Å². The number of hydrogen-bond donors (Lipinski definition) is 0. The number of benzene rings is 1. The molecule has 1 aromatic carbocycles. The van der Waals surface area contributed by atoms with E-state index in [1.807, 2.05) is 13.8 Å². The Kier molecular flexibility index (Phi) is 5.31. The third kappa shape index (κ3) is 3.37. The fraction of sp³-hybridized carbons (Fsp3) is 0.462. The van der Waals surface area contributed by atoms with Gasteiger partial charge in [0, 0.05) is 6.04 Å². The summed E-state index contributed by atoms with van der Waals surface area (Å²) in [6, 6.07) is 4.63. The minimum Gasteiger partial charge on any atom is -0.490 e. The van der Waals surface area contributed by atoms with Crippen LogP contribution in [0.2, 0.25) is 0 Å². The highest BCUT2D eigenvalue weighted by molar-refractivity contribution is 5.79. The van der Waals surface area contributed by atoms with E-state index in [-0.39, 0.29) is 24.0 Å². The zero-order valence-electron chi connectivity index (χ0n) is 12.0. The van der Waals surface area contributed by atoms with Gasteiger partial charge in [-0.15, -0.1) is 0 Å². The Balaban J connectivity index is 3.32. The molecule has 1 rings (SSSR count). The van der Waals surface area contributed by atoms with Crippen molar-refractivity contribution < 1.29 is 19.2 Å². The number of rotatable bonds is 6. The Morgan fingerprint density at radius 3 is 2.50 bits per heavy atom. The van der Waals surface area contributed by atoms with Gasteiger partial charge in [0.2, 0.25) is 0 Å². The number of anilines is 1. The van der Waals surface area contributed by atoms with Crippen LogP contribution in [0.25, 0.3) is 0 Å². The molecule has 7 nitrogen and oxygen atoms in total. The van der Waals surface area contributed by atoms with Crippen LogP contribution < -0.4 is 9.64 Å². The second-order valence-corrected chi connectivity index (χ2v) is 4.38. The van der Waals surface area contributed by atoms with Crippen molar-refractivity contribution in [3.05, 3.63) is 28.3 Å². The molecule has 0 radical (unpaired) electrons. The van der Waals surface area contributed by atoms with Crippen LogP contribution in [0.15, 0.2) is 18.2 Å². The molecule has 0 amide bonds. The minimum absolute atomic E-state index is 0.0673. The molecule has 0 aliphatic carbocycles. The molecule has 0 heterocycles. The second kappa shape index (κ2) is 6.74. The summed E-state index contributed by atoms with van der Waals surface area (Å²) in [5.74, 6) is -0.307. The maximum atomic E-state index is 11.5. The smallest absolute Gasteiger partial charge is 0.333 e. The lowest BCUT2D eigenvalue weighted by Gasteiger charge is -2.27. The van der Waals surface area contributed by atoms with Gasteiger partial charge in [-0.05, 0) is 26.0 Å². The standard InChI is InChI=1S/C13H18N2O5/c1-9(2)14(8-12(16)20-4)10-6-5-7-11(19-3)13(10)15(17)18/h5-7,9H,8H2,1-4H3. The summed E-state index contributed by atoms with van der Waals surface area (Å²) < 4.78 is 9.65. The largest absolute Gasteiger partial charge is 0.490 e. The van der Waals surface area contributed by atoms with Gasteiger partial charge in [0.1, 0.15) is 12.2 Å². The van der Waals surface area contributed by atoms with Crippen molar-refractivity contribution in [3.63, 3.8) is 0 Å². The number of methoxy groups -OCH3 is 2. The third-order valence-corrected chi connectivity index (χ3v) is 2.84. The van der Waals surface area contributed by atoms with Crippen LogP contribution >= 0.6 is 0 Å². The number of esters is 1. The highest BCUT2D eigenvalue weighted by Crippen LogP contribution is 2.37. The predicted octanol–water partition coefficient (Wildman–Crippen LogP) is 1.99. The van der Waals surface area contributed by atoms with Crippen molar-refractivity contribution in [2.75, 3.05) is 25.7 Å². The quantitative estimate of drug-likeness (QED) is 0.451. The summed E-state index contributed by atoms with van der Waals surface area (Å²) in [7, 11) is 2.65. The molecular formula is C13H18N2O5. The molecule has 0 aliphatic heterocycles. The Morgan fingerprint density at radius 1 is 1.40 bits per heavy atom. The fourth-order valence-corrected chi connectivity index (χ4v) is 1.84. The van der Waals surface area contributed by atoms with Crippen molar-refractivity contribution in [1.82, 2.24) is 0 Å². The van der Waals surface area contributed by atoms with Gasteiger partial charge in [0.25, 0.3) is 0 Å². The summed E-state index contributed by atoms with van der Waals surface area (Å²) in [5.41, 5.74) is 0.169. The maximum absolute atomic E-state index is 11.5. The van der Waals surface area contributed by atoms with Crippen molar-refractivity contribution in [1.29, 1.82) is 0 Å². The van der Waals surface area contributed by atoms with Crippen molar-refractivity contribution in [3.8, 4) is 5.75 Å². The molecule has 0 saturated heterocycles. The molecule has 0 aliphatic rings. The number of ether oxygens (including phenoxy) is 2. The van der Waals surface area contributed by atoms with Gasteiger partial charge < -0.3 is 14.4 Å². The number of nitro groups is 1. The van der Waals surface area contributed by atoms with Gasteiger partial charge >= 0.3 is 11.7 Å². The SMILES string of the molecule is COC(=O)CN(c1cccc(OC)c1[N+](=O)[O-])C(C)C. The van der Waals surface area contributed by atoms with Crippen LogP contribution in [0, 0.1) is 10.1 Å². The number of carbonyl (C=O) groups is 1. The zero-order chi connectivity index (χ0) is 15.3. The molecule has 1 aromatic rings. The molecular weight excluding hydrogens is 264 g/mol. The summed E-state index contributed by atoms with van der Waals surface area (Å²) in [5, 5.41) is 11.3. The number of nitro benzene ring substituents is 1. The third-order valence-electron chi connectivity index (χ3n) is 2.84. The molecule has 110 valence electrons. The highest BCUT2D eigenvalue weighted by atomic mass is 16.6.